The van der Waals surface area contributed by atoms with Gasteiger partial charge in [0.15, 0.2) is 0 Å². The van der Waals surface area contributed by atoms with Crippen molar-refractivity contribution < 1.29 is 13.6 Å². The fourth-order valence-electron chi connectivity index (χ4n) is 3.80. The van der Waals surface area contributed by atoms with Crippen LogP contribution in [0.3, 0.4) is 0 Å². The Kier molecular flexibility index (Phi) is 6.72. The molecule has 0 spiro atoms. The first-order valence-electron chi connectivity index (χ1n) is 8.92. The highest BCUT2D eigenvalue weighted by molar-refractivity contribution is 6.65. The molecule has 21 heavy (non-hydrogen) atoms. The van der Waals surface area contributed by atoms with Crippen LogP contribution in [0.4, 0.5) is 0 Å². The van der Waals surface area contributed by atoms with E-state index in [1.807, 2.05) is 7.11 Å². The van der Waals surface area contributed by atoms with E-state index >= 15 is 0 Å². The van der Waals surface area contributed by atoms with E-state index in [0.29, 0.717) is 11.5 Å². The molecular weight excluding hydrogens is 280 g/mol. The molecule has 0 radical (unpaired) electrons. The molecule has 4 heteroatoms. The zero-order valence-electron chi connectivity index (χ0n) is 14.3. The van der Waals surface area contributed by atoms with Crippen LogP contribution in [0.5, 0.6) is 0 Å². The van der Waals surface area contributed by atoms with Gasteiger partial charge in [0.2, 0.25) is 0 Å². The zero-order valence-corrected chi connectivity index (χ0v) is 15.3. The number of epoxide rings is 1. The van der Waals surface area contributed by atoms with Gasteiger partial charge in [-0.05, 0) is 50.1 Å². The van der Waals surface area contributed by atoms with Gasteiger partial charge < -0.3 is 13.6 Å². The Bertz CT molecular complexity index is 300. The number of rotatable bonds is 10. The van der Waals surface area contributed by atoms with Crippen molar-refractivity contribution in [2.24, 2.45) is 5.41 Å². The van der Waals surface area contributed by atoms with Gasteiger partial charge in [-0.3, -0.25) is 0 Å². The van der Waals surface area contributed by atoms with Crippen LogP contribution in [0.25, 0.3) is 0 Å². The van der Waals surface area contributed by atoms with E-state index in [1.165, 1.54) is 51.4 Å². The number of hydrogen-bond donors (Lipinski definition) is 0. The first-order chi connectivity index (χ1) is 10.1. The molecule has 0 aromatic heterocycles. The zero-order chi connectivity index (χ0) is 15.2. The molecule has 3 nitrogen and oxygen atoms in total. The Balaban J connectivity index is 1.80. The Labute approximate surface area is 132 Å². The van der Waals surface area contributed by atoms with Gasteiger partial charge in [0.25, 0.3) is 0 Å². The van der Waals surface area contributed by atoms with E-state index in [4.69, 9.17) is 13.6 Å². The summed E-state index contributed by atoms with van der Waals surface area (Å²) in [7, 11) is -0.0758. The lowest BCUT2D eigenvalue weighted by atomic mass is 9.69. The molecule has 0 aromatic rings. The third kappa shape index (κ3) is 5.66. The summed E-state index contributed by atoms with van der Waals surface area (Å²) in [5, 5.41) is 0. The van der Waals surface area contributed by atoms with E-state index in [-0.39, 0.29) is 0 Å². The van der Waals surface area contributed by atoms with E-state index < -0.39 is 8.56 Å². The van der Waals surface area contributed by atoms with Crippen LogP contribution in [-0.2, 0) is 13.6 Å². The topological polar surface area (TPSA) is 31.0 Å². The van der Waals surface area contributed by atoms with Gasteiger partial charge in [-0.2, -0.15) is 0 Å². The van der Waals surface area contributed by atoms with Crippen molar-refractivity contribution in [2.75, 3.05) is 20.3 Å². The van der Waals surface area contributed by atoms with Crippen molar-refractivity contribution in [2.45, 2.75) is 83.4 Å². The average Bonchev–Trinajstić information content (AvgIpc) is 3.31. The smallest absolute Gasteiger partial charge is 0.334 e. The minimum Gasteiger partial charge on any atom is -0.398 e. The molecule has 0 bridgehead atoms. The lowest BCUT2D eigenvalue weighted by Crippen LogP contribution is -2.38. The van der Waals surface area contributed by atoms with Crippen LogP contribution in [0.1, 0.15) is 64.7 Å². The summed E-state index contributed by atoms with van der Waals surface area (Å²) in [6.07, 6.45) is 12.5. The molecule has 2 rings (SSSR count). The van der Waals surface area contributed by atoms with E-state index in [2.05, 4.69) is 13.5 Å². The second-order valence-electron chi connectivity index (χ2n) is 7.24. The molecule has 2 atom stereocenters. The Hall–Kier alpha value is 0.0969. The first-order valence-corrected chi connectivity index (χ1v) is 11.4. The first kappa shape index (κ1) is 17.5. The van der Waals surface area contributed by atoms with E-state index in [9.17, 15) is 0 Å². The molecule has 1 aliphatic heterocycles. The molecule has 0 amide bonds. The maximum absolute atomic E-state index is 6.25. The standard InChI is InChI=1S/C17H34O3Si/c1-4-14-21(3,18-2)20-13-12-17(9-6-5-7-10-17)11-8-16-15-19-16/h16H,4-15H2,1-3H3. The maximum atomic E-state index is 6.25. The quantitative estimate of drug-likeness (QED) is 0.434. The number of ether oxygens (including phenoxy) is 1. The van der Waals surface area contributed by atoms with Gasteiger partial charge in [-0.1, -0.05) is 32.6 Å². The lowest BCUT2D eigenvalue weighted by Gasteiger charge is -2.38. The van der Waals surface area contributed by atoms with E-state index in [1.54, 1.807) is 0 Å². The fourth-order valence-corrected chi connectivity index (χ4v) is 5.71. The van der Waals surface area contributed by atoms with Crippen molar-refractivity contribution in [1.82, 2.24) is 0 Å². The van der Waals surface area contributed by atoms with Crippen molar-refractivity contribution in [1.29, 1.82) is 0 Å². The molecular formula is C17H34O3Si. The van der Waals surface area contributed by atoms with Crippen LogP contribution in [-0.4, -0.2) is 35.0 Å². The molecule has 0 aromatic carbocycles. The van der Waals surface area contributed by atoms with Gasteiger partial charge >= 0.3 is 8.56 Å². The third-order valence-electron chi connectivity index (χ3n) is 5.49. The van der Waals surface area contributed by atoms with Crippen molar-refractivity contribution in [3.05, 3.63) is 0 Å². The minimum atomic E-state index is -1.90. The highest BCUT2D eigenvalue weighted by Gasteiger charge is 2.36. The predicted octanol–water partition coefficient (Wildman–Crippen LogP) is 4.65. The average molecular weight is 315 g/mol. The van der Waals surface area contributed by atoms with Crippen molar-refractivity contribution in [3.8, 4) is 0 Å². The van der Waals surface area contributed by atoms with Gasteiger partial charge in [-0.15, -0.1) is 0 Å². The van der Waals surface area contributed by atoms with Crippen molar-refractivity contribution >= 4 is 8.56 Å². The molecule has 1 saturated carbocycles. The Morgan fingerprint density at radius 3 is 2.48 bits per heavy atom. The fraction of sp³-hybridized carbons (Fsp3) is 1.00. The van der Waals surface area contributed by atoms with Gasteiger partial charge in [0, 0.05) is 13.7 Å². The molecule has 2 fully saturated rings. The van der Waals surface area contributed by atoms with Crippen LogP contribution < -0.4 is 0 Å². The molecule has 2 unspecified atom stereocenters. The normalized spacial score (nSPS) is 27.3. The molecule has 1 heterocycles. The van der Waals surface area contributed by atoms with Crippen LogP contribution >= 0.6 is 0 Å². The molecule has 0 N–H and O–H groups in total. The van der Waals surface area contributed by atoms with Gasteiger partial charge in [0.1, 0.15) is 0 Å². The highest BCUT2D eigenvalue weighted by Crippen LogP contribution is 2.44. The van der Waals surface area contributed by atoms with Crippen molar-refractivity contribution in [3.63, 3.8) is 0 Å². The summed E-state index contributed by atoms with van der Waals surface area (Å²) in [6.45, 7) is 6.31. The largest absolute Gasteiger partial charge is 0.398 e. The Morgan fingerprint density at radius 1 is 1.19 bits per heavy atom. The summed E-state index contributed by atoms with van der Waals surface area (Å²) in [6, 6.07) is 1.10. The SMILES string of the molecule is CCC[Si](C)(OC)OCCC1(CCC2CO2)CCCCC1. The second-order valence-corrected chi connectivity index (χ2v) is 10.7. The number of hydrogen-bond acceptors (Lipinski definition) is 3. The van der Waals surface area contributed by atoms with Gasteiger partial charge in [0.05, 0.1) is 12.7 Å². The van der Waals surface area contributed by atoms with Gasteiger partial charge in [-0.25, -0.2) is 0 Å². The summed E-state index contributed by atoms with van der Waals surface area (Å²) >= 11 is 0. The van der Waals surface area contributed by atoms with Crippen LogP contribution in [0.2, 0.25) is 12.6 Å². The van der Waals surface area contributed by atoms with E-state index in [0.717, 1.165) is 25.7 Å². The van der Waals surface area contributed by atoms with Crippen LogP contribution in [0, 0.1) is 5.41 Å². The predicted molar refractivity (Wildman–Crippen MR) is 88.8 cm³/mol. The lowest BCUT2D eigenvalue weighted by molar-refractivity contribution is 0.103. The second kappa shape index (κ2) is 8.09. The molecule has 2 aliphatic rings. The molecule has 1 saturated heterocycles. The highest BCUT2D eigenvalue weighted by atomic mass is 28.4. The summed E-state index contributed by atoms with van der Waals surface area (Å²) in [5.74, 6) is 0. The monoisotopic (exact) mass is 314 g/mol. The summed E-state index contributed by atoms with van der Waals surface area (Å²) in [5.41, 5.74) is 0.527. The third-order valence-corrected chi connectivity index (χ3v) is 8.58. The minimum absolute atomic E-state index is 0.527. The Morgan fingerprint density at radius 2 is 1.90 bits per heavy atom. The maximum Gasteiger partial charge on any atom is 0.334 e. The molecule has 1 aliphatic carbocycles. The molecule has 124 valence electrons. The summed E-state index contributed by atoms with van der Waals surface area (Å²) in [4.78, 5) is 0. The summed E-state index contributed by atoms with van der Waals surface area (Å²) < 4.78 is 17.4. The van der Waals surface area contributed by atoms with Crippen LogP contribution in [0.15, 0.2) is 0 Å².